The van der Waals surface area contributed by atoms with E-state index in [9.17, 15) is 9.59 Å². The molecule has 1 aromatic carbocycles. The fraction of sp³-hybridized carbons (Fsp3) is 0.0769. The van der Waals surface area contributed by atoms with E-state index in [0.29, 0.717) is 5.56 Å². The number of allylic oxidation sites excluding steroid dienone is 2. The van der Waals surface area contributed by atoms with Crippen molar-refractivity contribution >= 4 is 22.7 Å². The van der Waals surface area contributed by atoms with E-state index in [0.717, 1.165) is 11.8 Å². The summed E-state index contributed by atoms with van der Waals surface area (Å²) >= 11 is 1.02. The molecule has 1 rings (SSSR count). The predicted molar refractivity (Wildman–Crippen MR) is 67.6 cm³/mol. The van der Waals surface area contributed by atoms with Crippen molar-refractivity contribution in [2.24, 2.45) is 0 Å². The lowest BCUT2D eigenvalue weighted by Crippen LogP contribution is -2.10. The summed E-state index contributed by atoms with van der Waals surface area (Å²) in [5.74, 6) is -0.264. The zero-order valence-corrected chi connectivity index (χ0v) is 9.79. The van der Waals surface area contributed by atoms with Crippen LogP contribution in [0.4, 0.5) is 0 Å². The molecule has 1 aromatic rings. The van der Waals surface area contributed by atoms with E-state index in [1.54, 1.807) is 30.5 Å². The van der Waals surface area contributed by atoms with Gasteiger partial charge in [-0.2, -0.15) is 0 Å². The number of Topliss-reactive ketones (excluding diaryl/α,β-unsaturated/α-hetero) is 1. The maximum absolute atomic E-state index is 12.0. The Balaban J connectivity index is 3.07. The number of carbonyl (C=O) groups excluding carboxylic acids is 2. The molecule has 0 amide bonds. The fourth-order valence-electron chi connectivity index (χ4n) is 1.21. The van der Waals surface area contributed by atoms with Crippen molar-refractivity contribution in [2.75, 3.05) is 6.26 Å². The first-order valence-corrected chi connectivity index (χ1v) is 5.94. The summed E-state index contributed by atoms with van der Waals surface area (Å²) < 4.78 is 0. The number of rotatable bonds is 4. The van der Waals surface area contributed by atoms with E-state index in [2.05, 4.69) is 6.58 Å². The predicted octanol–water partition coefficient (Wildman–Crippen LogP) is 2.87. The summed E-state index contributed by atoms with van der Waals surface area (Å²) in [5.41, 5.74) is 0.673. The Hall–Kier alpha value is -1.61. The second-order valence-electron chi connectivity index (χ2n) is 3.00. The number of benzene rings is 1. The van der Waals surface area contributed by atoms with Gasteiger partial charge in [0.25, 0.3) is 0 Å². The van der Waals surface area contributed by atoms with Crippen LogP contribution < -0.4 is 0 Å². The van der Waals surface area contributed by atoms with Gasteiger partial charge >= 0.3 is 0 Å². The molecule has 0 fully saturated rings. The zero-order chi connectivity index (χ0) is 12.0. The van der Waals surface area contributed by atoms with Gasteiger partial charge in [0, 0.05) is 5.56 Å². The third-order valence-electron chi connectivity index (χ3n) is 1.97. The van der Waals surface area contributed by atoms with Crippen molar-refractivity contribution in [3.8, 4) is 0 Å². The van der Waals surface area contributed by atoms with Crippen LogP contribution in [0, 0.1) is 0 Å². The number of ketones is 1. The molecule has 0 aliphatic rings. The Morgan fingerprint density at radius 2 is 1.88 bits per heavy atom. The second kappa shape index (κ2) is 6.08. The standard InChI is InChI=1S/C13H12O2S/c1-3-7-11(13(15)16-2)12(14)10-8-5-4-6-9-10/h3-9H,1H2,2H3/b11-7+. The molecule has 0 aromatic heterocycles. The van der Waals surface area contributed by atoms with Crippen molar-refractivity contribution < 1.29 is 9.59 Å². The van der Waals surface area contributed by atoms with Gasteiger partial charge in [0.2, 0.25) is 5.12 Å². The molecule has 0 N–H and O–H groups in total. The topological polar surface area (TPSA) is 34.1 Å². The summed E-state index contributed by atoms with van der Waals surface area (Å²) in [6.45, 7) is 3.50. The number of carbonyl (C=O) groups is 2. The van der Waals surface area contributed by atoms with Gasteiger partial charge in [-0.25, -0.2) is 0 Å². The molecule has 0 saturated heterocycles. The van der Waals surface area contributed by atoms with Crippen LogP contribution in [0.2, 0.25) is 0 Å². The molecule has 0 radical (unpaired) electrons. The highest BCUT2D eigenvalue weighted by molar-refractivity contribution is 8.13. The Kier molecular flexibility index (Phi) is 4.73. The van der Waals surface area contributed by atoms with Crippen LogP contribution in [-0.2, 0) is 4.79 Å². The van der Waals surface area contributed by atoms with Crippen molar-refractivity contribution in [3.63, 3.8) is 0 Å². The Labute approximate surface area is 99.1 Å². The molecular weight excluding hydrogens is 220 g/mol. The maximum atomic E-state index is 12.0. The highest BCUT2D eigenvalue weighted by Crippen LogP contribution is 2.14. The van der Waals surface area contributed by atoms with Gasteiger partial charge < -0.3 is 0 Å². The third-order valence-corrected chi connectivity index (χ3v) is 2.56. The molecule has 82 valence electrons. The molecule has 0 spiro atoms. The van der Waals surface area contributed by atoms with Crippen molar-refractivity contribution in [1.29, 1.82) is 0 Å². The summed E-state index contributed by atoms with van der Waals surface area (Å²) in [4.78, 5) is 23.5. The molecule has 0 aliphatic heterocycles. The van der Waals surface area contributed by atoms with Gasteiger partial charge in [-0.3, -0.25) is 9.59 Å². The molecule has 0 aliphatic carbocycles. The number of hydrogen-bond donors (Lipinski definition) is 0. The highest BCUT2D eigenvalue weighted by Gasteiger charge is 2.17. The monoisotopic (exact) mass is 232 g/mol. The summed E-state index contributed by atoms with van der Waals surface area (Å²) in [5, 5.41) is -0.242. The Bertz CT molecular complexity index is 433. The smallest absolute Gasteiger partial charge is 0.223 e. The van der Waals surface area contributed by atoms with Crippen LogP contribution in [0.3, 0.4) is 0 Å². The molecule has 0 atom stereocenters. The first-order chi connectivity index (χ1) is 7.70. The number of thioether (sulfide) groups is 1. The Morgan fingerprint density at radius 3 is 2.38 bits per heavy atom. The minimum Gasteiger partial charge on any atom is -0.288 e. The van der Waals surface area contributed by atoms with Crippen molar-refractivity contribution in [1.82, 2.24) is 0 Å². The SMILES string of the molecule is C=C/C=C(/C(=O)SC)C(=O)c1ccccc1. The summed E-state index contributed by atoms with van der Waals surface area (Å²) in [6.07, 6.45) is 4.55. The van der Waals surface area contributed by atoms with Gasteiger partial charge in [-0.1, -0.05) is 54.7 Å². The van der Waals surface area contributed by atoms with Gasteiger partial charge in [0.05, 0.1) is 5.57 Å². The normalized spacial score (nSPS) is 10.9. The lowest BCUT2D eigenvalue weighted by Gasteiger charge is -2.02. The van der Waals surface area contributed by atoms with Crippen molar-refractivity contribution in [2.45, 2.75) is 0 Å². The Morgan fingerprint density at radius 1 is 1.25 bits per heavy atom. The first kappa shape index (κ1) is 12.5. The molecule has 3 heteroatoms. The molecular formula is C13H12O2S. The zero-order valence-electron chi connectivity index (χ0n) is 8.97. The summed E-state index contributed by atoms with van der Waals surface area (Å²) in [7, 11) is 0. The third kappa shape index (κ3) is 2.94. The first-order valence-electron chi connectivity index (χ1n) is 4.71. The van der Waals surface area contributed by atoms with Crippen LogP contribution in [-0.4, -0.2) is 17.2 Å². The minimum atomic E-state index is -0.264. The van der Waals surface area contributed by atoms with Gasteiger partial charge in [0.1, 0.15) is 0 Å². The fourth-order valence-corrected chi connectivity index (χ4v) is 1.59. The van der Waals surface area contributed by atoms with E-state index in [1.807, 2.05) is 6.07 Å². The number of hydrogen-bond acceptors (Lipinski definition) is 3. The van der Waals surface area contributed by atoms with E-state index in [4.69, 9.17) is 0 Å². The highest BCUT2D eigenvalue weighted by atomic mass is 32.2. The van der Waals surface area contributed by atoms with Crippen LogP contribution in [0.5, 0.6) is 0 Å². The molecule has 0 saturated carbocycles. The largest absolute Gasteiger partial charge is 0.288 e. The minimum absolute atomic E-state index is 0.161. The van der Waals surface area contributed by atoms with Crippen LogP contribution in [0.15, 0.2) is 54.6 Å². The molecule has 0 unspecified atom stereocenters. The van der Waals surface area contributed by atoms with Gasteiger partial charge in [-0.15, -0.1) is 0 Å². The van der Waals surface area contributed by atoms with E-state index < -0.39 is 0 Å². The molecule has 0 bridgehead atoms. The molecule has 2 nitrogen and oxygen atoms in total. The van der Waals surface area contributed by atoms with Gasteiger partial charge in [0.15, 0.2) is 5.78 Å². The summed E-state index contributed by atoms with van der Waals surface area (Å²) in [6, 6.07) is 8.73. The molecule has 0 heterocycles. The van der Waals surface area contributed by atoms with E-state index in [1.165, 1.54) is 12.2 Å². The van der Waals surface area contributed by atoms with Crippen LogP contribution in [0.25, 0.3) is 0 Å². The maximum Gasteiger partial charge on any atom is 0.223 e. The van der Waals surface area contributed by atoms with Crippen LogP contribution >= 0.6 is 11.8 Å². The lowest BCUT2D eigenvalue weighted by atomic mass is 10.0. The van der Waals surface area contributed by atoms with Gasteiger partial charge in [-0.05, 0) is 12.3 Å². The van der Waals surface area contributed by atoms with E-state index >= 15 is 0 Å². The van der Waals surface area contributed by atoms with E-state index in [-0.39, 0.29) is 16.5 Å². The average Bonchev–Trinajstić information content (AvgIpc) is 2.35. The van der Waals surface area contributed by atoms with Crippen LogP contribution in [0.1, 0.15) is 10.4 Å². The quantitative estimate of drug-likeness (QED) is 0.263. The lowest BCUT2D eigenvalue weighted by molar-refractivity contribution is -0.107. The second-order valence-corrected chi connectivity index (χ2v) is 3.78. The van der Waals surface area contributed by atoms with Crippen molar-refractivity contribution in [3.05, 3.63) is 60.2 Å². The average molecular weight is 232 g/mol. The molecule has 16 heavy (non-hydrogen) atoms.